The lowest BCUT2D eigenvalue weighted by Crippen LogP contribution is -2.18. The Morgan fingerprint density at radius 2 is 2.18 bits per heavy atom. The van der Waals surface area contributed by atoms with Crippen molar-refractivity contribution >= 4 is 17.0 Å². The molecule has 0 atom stereocenters. The van der Waals surface area contributed by atoms with Crippen LogP contribution in [-0.4, -0.2) is 34.8 Å². The summed E-state index contributed by atoms with van der Waals surface area (Å²) in [6.07, 6.45) is 9.58. The lowest BCUT2D eigenvalue weighted by molar-refractivity contribution is 0.210. The number of fused-ring (bicyclic) bond motifs is 1. The quantitative estimate of drug-likeness (QED) is 0.859. The van der Waals surface area contributed by atoms with Crippen molar-refractivity contribution in [2.24, 2.45) is 0 Å². The Balaban J connectivity index is 1.97. The smallest absolute Gasteiger partial charge is 0.224 e. The molecule has 22 heavy (non-hydrogen) atoms. The minimum absolute atomic E-state index is 0.0227. The minimum Gasteiger partial charge on any atom is -0.383 e. The Morgan fingerprint density at radius 1 is 1.36 bits per heavy atom. The Morgan fingerprint density at radius 3 is 2.95 bits per heavy atom. The van der Waals surface area contributed by atoms with Gasteiger partial charge in [0.25, 0.3) is 0 Å². The van der Waals surface area contributed by atoms with Crippen LogP contribution in [0.25, 0.3) is 11.0 Å². The molecule has 1 aliphatic rings. The van der Waals surface area contributed by atoms with Crippen LogP contribution in [0, 0.1) is 0 Å². The average molecular weight is 302 g/mol. The van der Waals surface area contributed by atoms with Gasteiger partial charge in [-0.2, -0.15) is 4.98 Å². The number of nitrogens with one attached hydrogen (secondary N) is 1. The third kappa shape index (κ3) is 3.11. The molecular weight excluding hydrogens is 280 g/mol. The lowest BCUT2D eigenvalue weighted by Gasteiger charge is -2.25. The van der Waals surface area contributed by atoms with E-state index in [9.17, 15) is 4.79 Å². The largest absolute Gasteiger partial charge is 0.383 e. The number of nitrogens with zero attached hydrogens (tertiary/aromatic N) is 3. The van der Waals surface area contributed by atoms with Crippen LogP contribution in [-0.2, 0) is 4.74 Å². The van der Waals surface area contributed by atoms with Gasteiger partial charge in [0.15, 0.2) is 5.43 Å². The first kappa shape index (κ1) is 15.0. The molecule has 0 bridgehead atoms. The highest BCUT2D eigenvalue weighted by Gasteiger charge is 2.17. The number of anilines is 1. The third-order valence-electron chi connectivity index (χ3n) is 4.22. The molecule has 2 aromatic heterocycles. The predicted octanol–water partition coefficient (Wildman–Crippen LogP) is 2.36. The minimum atomic E-state index is -0.0227. The van der Waals surface area contributed by atoms with Crippen molar-refractivity contribution in [3.8, 4) is 0 Å². The number of hydrogen-bond acceptors (Lipinski definition) is 5. The molecule has 0 spiro atoms. The summed E-state index contributed by atoms with van der Waals surface area (Å²) in [5.41, 5.74) is 0.708. The van der Waals surface area contributed by atoms with Crippen LogP contribution < -0.4 is 10.7 Å². The van der Waals surface area contributed by atoms with E-state index in [1.54, 1.807) is 19.4 Å². The SMILES string of the molecule is COCCNc1ncc2c(=O)ccn(C3CCCCC3)c2n1. The van der Waals surface area contributed by atoms with Crippen LogP contribution in [0.2, 0.25) is 0 Å². The molecule has 3 rings (SSSR count). The van der Waals surface area contributed by atoms with E-state index in [0.29, 0.717) is 30.5 Å². The summed E-state index contributed by atoms with van der Waals surface area (Å²) in [7, 11) is 1.66. The van der Waals surface area contributed by atoms with E-state index in [4.69, 9.17) is 4.74 Å². The first-order valence-corrected chi connectivity index (χ1v) is 7.90. The highest BCUT2D eigenvalue weighted by atomic mass is 16.5. The molecule has 0 unspecified atom stereocenters. The zero-order valence-electron chi connectivity index (χ0n) is 12.9. The summed E-state index contributed by atoms with van der Waals surface area (Å²) in [6, 6.07) is 2.05. The second-order valence-corrected chi connectivity index (χ2v) is 5.73. The van der Waals surface area contributed by atoms with E-state index in [0.717, 1.165) is 18.5 Å². The van der Waals surface area contributed by atoms with Crippen LogP contribution in [0.3, 0.4) is 0 Å². The van der Waals surface area contributed by atoms with Gasteiger partial charge in [0.05, 0.1) is 12.0 Å². The summed E-state index contributed by atoms with van der Waals surface area (Å²) in [4.78, 5) is 20.9. The van der Waals surface area contributed by atoms with Gasteiger partial charge in [-0.25, -0.2) is 4.98 Å². The van der Waals surface area contributed by atoms with E-state index >= 15 is 0 Å². The van der Waals surface area contributed by atoms with Crippen molar-refractivity contribution in [3.05, 3.63) is 28.7 Å². The molecule has 2 aromatic rings. The third-order valence-corrected chi connectivity index (χ3v) is 4.22. The first-order valence-electron chi connectivity index (χ1n) is 7.90. The van der Waals surface area contributed by atoms with Crippen molar-refractivity contribution in [2.45, 2.75) is 38.1 Å². The number of aromatic nitrogens is 3. The Bertz CT molecular complexity index is 692. The Kier molecular flexibility index (Phi) is 4.68. The predicted molar refractivity (Wildman–Crippen MR) is 86.3 cm³/mol. The highest BCUT2D eigenvalue weighted by Crippen LogP contribution is 2.29. The van der Waals surface area contributed by atoms with Gasteiger partial charge in [-0.3, -0.25) is 4.79 Å². The molecule has 0 amide bonds. The van der Waals surface area contributed by atoms with Crippen molar-refractivity contribution in [1.82, 2.24) is 14.5 Å². The van der Waals surface area contributed by atoms with Gasteiger partial charge in [-0.1, -0.05) is 19.3 Å². The van der Waals surface area contributed by atoms with Gasteiger partial charge in [-0.15, -0.1) is 0 Å². The molecule has 6 nitrogen and oxygen atoms in total. The van der Waals surface area contributed by atoms with E-state index < -0.39 is 0 Å². The molecule has 1 fully saturated rings. The van der Waals surface area contributed by atoms with Crippen LogP contribution in [0.1, 0.15) is 38.1 Å². The number of methoxy groups -OCH3 is 1. The molecule has 1 N–H and O–H groups in total. The fourth-order valence-corrected chi connectivity index (χ4v) is 3.06. The molecule has 2 heterocycles. The van der Waals surface area contributed by atoms with Gasteiger partial charge in [0.1, 0.15) is 5.65 Å². The molecule has 0 aromatic carbocycles. The second-order valence-electron chi connectivity index (χ2n) is 5.73. The number of pyridine rings is 1. The van der Waals surface area contributed by atoms with Crippen LogP contribution >= 0.6 is 0 Å². The van der Waals surface area contributed by atoms with Gasteiger partial charge < -0.3 is 14.6 Å². The Labute approximate surface area is 129 Å². The summed E-state index contributed by atoms with van der Waals surface area (Å²) in [5.74, 6) is 0.541. The zero-order valence-corrected chi connectivity index (χ0v) is 12.9. The highest BCUT2D eigenvalue weighted by molar-refractivity contribution is 5.75. The summed E-state index contributed by atoms with van der Waals surface area (Å²) >= 11 is 0. The molecular formula is C16H22N4O2. The normalized spacial score (nSPS) is 16.0. The summed E-state index contributed by atoms with van der Waals surface area (Å²) < 4.78 is 7.17. The average Bonchev–Trinajstić information content (AvgIpc) is 2.56. The molecule has 0 aliphatic heterocycles. The number of ether oxygens (including phenoxy) is 1. The first-order chi connectivity index (χ1) is 10.8. The van der Waals surface area contributed by atoms with Gasteiger partial charge >= 0.3 is 0 Å². The van der Waals surface area contributed by atoms with Crippen molar-refractivity contribution in [2.75, 3.05) is 25.6 Å². The maximum atomic E-state index is 12.1. The zero-order chi connectivity index (χ0) is 15.4. The fraction of sp³-hybridized carbons (Fsp3) is 0.562. The Hall–Kier alpha value is -1.95. The fourth-order valence-electron chi connectivity index (χ4n) is 3.06. The van der Waals surface area contributed by atoms with E-state index in [2.05, 4.69) is 19.9 Å². The van der Waals surface area contributed by atoms with E-state index in [1.165, 1.54) is 19.3 Å². The van der Waals surface area contributed by atoms with E-state index in [-0.39, 0.29) is 5.43 Å². The second kappa shape index (κ2) is 6.87. The van der Waals surface area contributed by atoms with Crippen LogP contribution in [0.5, 0.6) is 0 Å². The molecule has 0 saturated heterocycles. The topological polar surface area (TPSA) is 69.0 Å². The standard InChI is InChI=1S/C16H22N4O2/c1-22-10-8-17-16-18-11-13-14(21)7-9-20(15(13)19-16)12-5-3-2-4-6-12/h7,9,11-12H,2-6,8,10H2,1H3,(H,17,18,19). The van der Waals surface area contributed by atoms with Crippen LogP contribution in [0.15, 0.2) is 23.3 Å². The molecule has 1 aliphatic carbocycles. The van der Waals surface area contributed by atoms with Gasteiger partial charge in [-0.05, 0) is 12.8 Å². The van der Waals surface area contributed by atoms with Crippen molar-refractivity contribution in [1.29, 1.82) is 0 Å². The molecule has 6 heteroatoms. The summed E-state index contributed by atoms with van der Waals surface area (Å²) in [6.45, 7) is 1.23. The molecule has 118 valence electrons. The van der Waals surface area contributed by atoms with Crippen LogP contribution in [0.4, 0.5) is 5.95 Å². The molecule has 1 saturated carbocycles. The number of rotatable bonds is 5. The van der Waals surface area contributed by atoms with Crippen molar-refractivity contribution in [3.63, 3.8) is 0 Å². The monoisotopic (exact) mass is 302 g/mol. The number of hydrogen-bond donors (Lipinski definition) is 1. The van der Waals surface area contributed by atoms with Gasteiger partial charge in [0.2, 0.25) is 5.95 Å². The van der Waals surface area contributed by atoms with Crippen molar-refractivity contribution < 1.29 is 4.74 Å². The van der Waals surface area contributed by atoms with E-state index in [1.807, 2.05) is 6.20 Å². The van der Waals surface area contributed by atoms with Gasteiger partial charge in [0, 0.05) is 38.2 Å². The summed E-state index contributed by atoms with van der Waals surface area (Å²) in [5, 5.41) is 3.71. The molecule has 0 radical (unpaired) electrons. The maximum Gasteiger partial charge on any atom is 0.224 e. The maximum absolute atomic E-state index is 12.1. The lowest BCUT2D eigenvalue weighted by atomic mass is 9.95.